The maximum Gasteiger partial charge on any atom is 0.416 e. The summed E-state index contributed by atoms with van der Waals surface area (Å²) in [5.41, 5.74) is 5.15. The third kappa shape index (κ3) is 5.93. The normalized spacial score (nSPS) is 15.9. The van der Waals surface area contributed by atoms with Crippen LogP contribution in [0.5, 0.6) is 0 Å². The summed E-state index contributed by atoms with van der Waals surface area (Å²) < 4.78 is 37.7. The summed E-state index contributed by atoms with van der Waals surface area (Å²) in [5.74, 6) is -0.471. The molecule has 6 nitrogen and oxygen atoms in total. The molecule has 9 heteroatoms. The van der Waals surface area contributed by atoms with Crippen molar-refractivity contribution < 1.29 is 22.8 Å². The maximum atomic E-state index is 12.6. The second-order valence-electron chi connectivity index (χ2n) is 5.91. The first kappa shape index (κ1) is 19.0. The molecule has 1 saturated heterocycles. The molecule has 0 bridgehead atoms. The molecule has 0 spiro atoms. The fraction of sp³-hybridized carbons (Fsp3) is 0.500. The Hall–Kier alpha value is -2.29. The summed E-state index contributed by atoms with van der Waals surface area (Å²) >= 11 is 0. The highest BCUT2D eigenvalue weighted by molar-refractivity contribution is 5.77. The number of carbonyl (C=O) groups excluding carboxylic acids is 2. The molecule has 0 radical (unpaired) electrons. The number of nitrogens with one attached hydrogen (secondary N) is 1. The zero-order chi connectivity index (χ0) is 18.4. The van der Waals surface area contributed by atoms with E-state index in [2.05, 4.69) is 10.2 Å². The molecule has 3 amide bonds. The molecular formula is C16H21F3N4O2. The molecule has 1 aromatic carbocycles. The number of benzene rings is 1. The number of nitrogens with two attached hydrogens (primary N) is 1. The number of rotatable bonds is 5. The van der Waals surface area contributed by atoms with Crippen LogP contribution in [0.25, 0.3) is 0 Å². The van der Waals surface area contributed by atoms with Crippen LogP contribution in [0, 0.1) is 0 Å². The quantitative estimate of drug-likeness (QED) is 0.835. The average molecular weight is 358 g/mol. The lowest BCUT2D eigenvalue weighted by Gasteiger charge is -2.34. The highest BCUT2D eigenvalue weighted by atomic mass is 19.4. The number of primary amides is 1. The minimum absolute atomic E-state index is 0.0969. The summed E-state index contributed by atoms with van der Waals surface area (Å²) in [5, 5.41) is 2.63. The fourth-order valence-corrected chi connectivity index (χ4v) is 2.57. The van der Waals surface area contributed by atoms with Crippen LogP contribution >= 0.6 is 0 Å². The second kappa shape index (κ2) is 8.19. The highest BCUT2D eigenvalue weighted by Gasteiger charge is 2.30. The summed E-state index contributed by atoms with van der Waals surface area (Å²) in [6.45, 7) is 3.04. The topological polar surface area (TPSA) is 78.7 Å². The molecule has 3 N–H and O–H groups in total. The summed E-state index contributed by atoms with van der Waals surface area (Å²) in [7, 11) is 0. The van der Waals surface area contributed by atoms with E-state index in [1.807, 2.05) is 0 Å². The van der Waals surface area contributed by atoms with Crippen molar-refractivity contribution in [2.45, 2.75) is 19.1 Å². The lowest BCUT2D eigenvalue weighted by atomic mass is 10.1. The number of hydrogen-bond acceptors (Lipinski definition) is 3. The van der Waals surface area contributed by atoms with Crippen LogP contribution in [0.15, 0.2) is 24.3 Å². The Balaban J connectivity index is 1.76. The molecule has 2 rings (SSSR count). The Bertz CT molecular complexity index is 596. The second-order valence-corrected chi connectivity index (χ2v) is 5.91. The molecule has 0 atom stereocenters. The van der Waals surface area contributed by atoms with E-state index in [1.165, 1.54) is 12.1 Å². The summed E-state index contributed by atoms with van der Waals surface area (Å²) in [6, 6.07) is 4.88. The Morgan fingerprint density at radius 3 is 2.20 bits per heavy atom. The van der Waals surface area contributed by atoms with Crippen molar-refractivity contribution in [1.82, 2.24) is 15.1 Å². The molecule has 0 saturated carbocycles. The Labute approximate surface area is 143 Å². The van der Waals surface area contributed by atoms with Crippen molar-refractivity contribution in [3.8, 4) is 0 Å². The van der Waals surface area contributed by atoms with Crippen LogP contribution in [-0.4, -0.2) is 54.5 Å². The van der Waals surface area contributed by atoms with Gasteiger partial charge in [-0.1, -0.05) is 12.1 Å². The summed E-state index contributed by atoms with van der Waals surface area (Å²) in [4.78, 5) is 26.3. The molecule has 25 heavy (non-hydrogen) atoms. The molecule has 0 unspecified atom stereocenters. The van der Waals surface area contributed by atoms with Gasteiger partial charge in [0.1, 0.15) is 0 Å². The number of piperazine rings is 1. The van der Waals surface area contributed by atoms with E-state index in [4.69, 9.17) is 5.73 Å². The zero-order valence-electron chi connectivity index (χ0n) is 13.7. The third-order valence-electron chi connectivity index (χ3n) is 3.99. The van der Waals surface area contributed by atoms with Crippen LogP contribution in [-0.2, 0) is 17.5 Å². The van der Waals surface area contributed by atoms with Crippen LogP contribution < -0.4 is 11.1 Å². The Kier molecular flexibility index (Phi) is 6.24. The van der Waals surface area contributed by atoms with Crippen molar-refractivity contribution in [1.29, 1.82) is 0 Å². The van der Waals surface area contributed by atoms with Crippen LogP contribution in [0.2, 0.25) is 0 Å². The van der Waals surface area contributed by atoms with Crippen molar-refractivity contribution in [2.75, 3.05) is 32.7 Å². The molecule has 1 aliphatic heterocycles. The zero-order valence-corrected chi connectivity index (χ0v) is 13.7. The lowest BCUT2D eigenvalue weighted by molar-refractivity contribution is -0.137. The third-order valence-corrected chi connectivity index (χ3v) is 3.99. The molecule has 0 aromatic heterocycles. The van der Waals surface area contributed by atoms with Crippen molar-refractivity contribution in [2.24, 2.45) is 5.73 Å². The molecular weight excluding hydrogens is 337 g/mol. The van der Waals surface area contributed by atoms with Gasteiger partial charge in [-0.15, -0.1) is 0 Å². The minimum atomic E-state index is -4.33. The first-order chi connectivity index (χ1) is 11.8. The van der Waals surface area contributed by atoms with Crippen LogP contribution in [0.1, 0.15) is 17.5 Å². The predicted molar refractivity (Wildman–Crippen MR) is 85.5 cm³/mol. The first-order valence-electron chi connectivity index (χ1n) is 7.95. The van der Waals surface area contributed by atoms with E-state index in [9.17, 15) is 22.8 Å². The maximum absolute atomic E-state index is 12.6. The van der Waals surface area contributed by atoms with Gasteiger partial charge in [-0.25, -0.2) is 4.79 Å². The first-order valence-corrected chi connectivity index (χ1v) is 7.95. The highest BCUT2D eigenvalue weighted by Crippen LogP contribution is 2.29. The van der Waals surface area contributed by atoms with Crippen LogP contribution in [0.3, 0.4) is 0 Å². The summed E-state index contributed by atoms with van der Waals surface area (Å²) in [6.07, 6.45) is -4.23. The Morgan fingerprint density at radius 2 is 1.68 bits per heavy atom. The van der Waals surface area contributed by atoms with E-state index in [1.54, 1.807) is 4.90 Å². The number of carbonyl (C=O) groups is 2. The number of hydrogen-bond donors (Lipinski definition) is 2. The monoisotopic (exact) mass is 358 g/mol. The van der Waals surface area contributed by atoms with Crippen LogP contribution in [0.4, 0.5) is 18.0 Å². The number of urea groups is 1. The molecule has 1 heterocycles. The van der Waals surface area contributed by atoms with Crippen molar-refractivity contribution in [3.05, 3.63) is 35.4 Å². The van der Waals surface area contributed by atoms with E-state index >= 15 is 0 Å². The number of nitrogens with zero attached hydrogens (tertiary/aromatic N) is 2. The van der Waals surface area contributed by atoms with Gasteiger partial charge in [-0.05, 0) is 17.7 Å². The van der Waals surface area contributed by atoms with Gasteiger partial charge in [0.15, 0.2) is 0 Å². The largest absolute Gasteiger partial charge is 0.416 e. The van der Waals surface area contributed by atoms with E-state index in [0.29, 0.717) is 32.7 Å². The van der Waals surface area contributed by atoms with E-state index in [-0.39, 0.29) is 19.0 Å². The Morgan fingerprint density at radius 1 is 1.08 bits per heavy atom. The van der Waals surface area contributed by atoms with Crippen molar-refractivity contribution >= 4 is 11.9 Å². The molecule has 1 aliphatic rings. The number of halogens is 3. The molecule has 1 fully saturated rings. The minimum Gasteiger partial charge on any atom is -0.370 e. The smallest absolute Gasteiger partial charge is 0.370 e. The van der Waals surface area contributed by atoms with Gasteiger partial charge in [-0.2, -0.15) is 13.2 Å². The fourth-order valence-electron chi connectivity index (χ4n) is 2.57. The molecule has 138 valence electrons. The van der Waals surface area contributed by atoms with E-state index < -0.39 is 17.6 Å². The van der Waals surface area contributed by atoms with Gasteiger partial charge in [0.25, 0.3) is 0 Å². The van der Waals surface area contributed by atoms with Gasteiger partial charge in [0.05, 0.1) is 5.56 Å². The van der Waals surface area contributed by atoms with Gasteiger partial charge in [-0.3, -0.25) is 9.69 Å². The van der Waals surface area contributed by atoms with Gasteiger partial charge < -0.3 is 16.0 Å². The molecule has 1 aromatic rings. The predicted octanol–water partition coefficient (Wildman–Crippen LogP) is 1.41. The van der Waals surface area contributed by atoms with Gasteiger partial charge in [0, 0.05) is 45.7 Å². The lowest BCUT2D eigenvalue weighted by Crippen LogP contribution is -2.51. The van der Waals surface area contributed by atoms with Gasteiger partial charge >= 0.3 is 12.2 Å². The van der Waals surface area contributed by atoms with Gasteiger partial charge in [0.2, 0.25) is 5.91 Å². The average Bonchev–Trinajstić information content (AvgIpc) is 2.55. The van der Waals surface area contributed by atoms with E-state index in [0.717, 1.165) is 17.7 Å². The van der Waals surface area contributed by atoms with Crippen molar-refractivity contribution in [3.63, 3.8) is 0 Å². The number of amides is 3. The number of alkyl halides is 3. The SMILES string of the molecule is NC(=O)CCNC(=O)N1CCN(Cc2ccc(C(F)(F)F)cc2)CC1. The standard InChI is InChI=1S/C16H21F3N4O2/c17-16(18,19)13-3-1-12(2-4-13)11-22-7-9-23(10-8-22)15(25)21-6-5-14(20)24/h1-4H,5-11H2,(H2,20,24)(H,21,25). The molecule has 0 aliphatic carbocycles.